The van der Waals surface area contributed by atoms with Crippen molar-refractivity contribution in [2.24, 2.45) is 0 Å². The summed E-state index contributed by atoms with van der Waals surface area (Å²) in [5.41, 5.74) is 0.989. The molecule has 0 atom stereocenters. The van der Waals surface area contributed by atoms with Gasteiger partial charge in [-0.1, -0.05) is 50.6 Å². The van der Waals surface area contributed by atoms with Gasteiger partial charge >= 0.3 is 11.9 Å². The molecule has 1 aliphatic rings. The lowest BCUT2D eigenvalue weighted by molar-refractivity contribution is -0.129. The summed E-state index contributed by atoms with van der Waals surface area (Å²) in [6, 6.07) is 9.76. The maximum Gasteiger partial charge on any atom is 0.407 e. The number of imidazole rings is 1. The van der Waals surface area contributed by atoms with Crippen LogP contribution in [0.25, 0.3) is 17.2 Å². The number of anilines is 1. The monoisotopic (exact) mass is 457 g/mol. The normalized spacial score (nSPS) is 12.2. The van der Waals surface area contributed by atoms with Gasteiger partial charge in [0.05, 0.1) is 19.5 Å². The number of nitrogens with zero attached hydrogens (tertiary/aromatic N) is 3. The summed E-state index contributed by atoms with van der Waals surface area (Å²) in [7, 11) is 1.27. The minimum atomic E-state index is -0.562. The van der Waals surface area contributed by atoms with Gasteiger partial charge in [-0.05, 0) is 12.8 Å². The molecule has 1 saturated heterocycles. The number of amides is 3. The van der Waals surface area contributed by atoms with Gasteiger partial charge in [-0.2, -0.15) is 4.98 Å². The van der Waals surface area contributed by atoms with Gasteiger partial charge in [-0.3, -0.25) is 14.0 Å². The van der Waals surface area contributed by atoms with E-state index in [4.69, 9.17) is 4.42 Å². The van der Waals surface area contributed by atoms with Gasteiger partial charge in [0.2, 0.25) is 12.3 Å². The number of likely N-dealkylation sites (tertiary alicyclic amines) is 1. The van der Waals surface area contributed by atoms with Gasteiger partial charge in [0.25, 0.3) is 0 Å². The SMILES string of the molecule is CCC.COC(=O)NCC(=O)N1CCCC1.O=CNc1cn2cc(-c3ccccc3)oc2n1. The van der Waals surface area contributed by atoms with Crippen LogP contribution in [0.1, 0.15) is 33.1 Å². The Morgan fingerprint density at radius 3 is 2.39 bits per heavy atom. The molecule has 0 radical (unpaired) electrons. The zero-order valence-corrected chi connectivity index (χ0v) is 19.2. The number of rotatable bonds is 5. The minimum absolute atomic E-state index is 0.0344. The molecule has 1 aliphatic heterocycles. The van der Waals surface area contributed by atoms with Crippen molar-refractivity contribution in [2.75, 3.05) is 32.1 Å². The molecule has 4 rings (SSSR count). The van der Waals surface area contributed by atoms with Crippen molar-refractivity contribution in [3.8, 4) is 11.3 Å². The third-order valence-corrected chi connectivity index (χ3v) is 4.45. The molecule has 2 N–H and O–H groups in total. The minimum Gasteiger partial charge on any atom is -0.453 e. The zero-order valence-electron chi connectivity index (χ0n) is 19.2. The fourth-order valence-corrected chi connectivity index (χ4v) is 2.96. The number of alkyl carbamates (subject to hydrolysis) is 1. The second-order valence-electron chi connectivity index (χ2n) is 7.18. The predicted octanol–water partition coefficient (Wildman–Crippen LogP) is 3.54. The lowest BCUT2D eigenvalue weighted by Gasteiger charge is -2.14. The highest BCUT2D eigenvalue weighted by molar-refractivity contribution is 5.82. The van der Waals surface area contributed by atoms with Gasteiger partial charge in [0, 0.05) is 18.7 Å². The number of methoxy groups -OCH3 is 1. The Morgan fingerprint density at radius 2 is 1.82 bits per heavy atom. The average molecular weight is 458 g/mol. The van der Waals surface area contributed by atoms with Crippen LogP contribution in [0.2, 0.25) is 0 Å². The zero-order chi connectivity index (χ0) is 24.1. The topological polar surface area (TPSA) is 118 Å². The summed E-state index contributed by atoms with van der Waals surface area (Å²) in [4.78, 5) is 38.1. The Balaban J connectivity index is 0.000000216. The van der Waals surface area contributed by atoms with E-state index >= 15 is 0 Å². The molecule has 10 heteroatoms. The molecule has 2 aromatic heterocycles. The molecule has 3 heterocycles. The first-order chi connectivity index (χ1) is 16.0. The van der Waals surface area contributed by atoms with Gasteiger partial charge in [0.15, 0.2) is 11.6 Å². The van der Waals surface area contributed by atoms with Crippen LogP contribution in [0.3, 0.4) is 0 Å². The summed E-state index contributed by atoms with van der Waals surface area (Å²) >= 11 is 0. The van der Waals surface area contributed by atoms with Crippen molar-refractivity contribution in [2.45, 2.75) is 33.1 Å². The molecular formula is C23H31N5O5. The van der Waals surface area contributed by atoms with Gasteiger partial charge in [0.1, 0.15) is 6.54 Å². The number of hydrogen-bond donors (Lipinski definition) is 2. The number of benzene rings is 1. The molecule has 3 aromatic rings. The lowest BCUT2D eigenvalue weighted by Crippen LogP contribution is -2.38. The van der Waals surface area contributed by atoms with Crippen LogP contribution < -0.4 is 10.6 Å². The standard InChI is InChI=1S/C12H9N3O2.C8H14N2O3.C3H8/c16-8-13-11-7-15-6-10(17-12(15)14-11)9-4-2-1-3-5-9;1-13-8(12)9-6-7(11)10-4-2-3-5-10;1-3-2/h1-8H,(H,13,16);2-6H2,1H3,(H,9,12);3H2,1-2H3. The Labute approximate surface area is 192 Å². The molecule has 1 aromatic carbocycles. The third kappa shape index (κ3) is 7.99. The maximum absolute atomic E-state index is 11.3. The molecule has 178 valence electrons. The molecular weight excluding hydrogens is 426 g/mol. The summed E-state index contributed by atoms with van der Waals surface area (Å²) in [5.74, 6) is 1.63. The molecule has 0 unspecified atom stereocenters. The van der Waals surface area contributed by atoms with Crippen molar-refractivity contribution in [3.05, 3.63) is 42.7 Å². The van der Waals surface area contributed by atoms with Crippen molar-refractivity contribution in [3.63, 3.8) is 0 Å². The Kier molecular flexibility index (Phi) is 10.5. The van der Waals surface area contributed by atoms with Crippen LogP contribution in [0.5, 0.6) is 0 Å². The number of nitrogens with one attached hydrogen (secondary N) is 2. The predicted molar refractivity (Wildman–Crippen MR) is 125 cm³/mol. The van der Waals surface area contributed by atoms with Crippen molar-refractivity contribution < 1.29 is 23.5 Å². The number of carbonyl (C=O) groups is 3. The molecule has 33 heavy (non-hydrogen) atoms. The van der Waals surface area contributed by atoms with Gasteiger partial charge in [-0.15, -0.1) is 0 Å². The highest BCUT2D eigenvalue weighted by atomic mass is 16.5. The highest BCUT2D eigenvalue weighted by Gasteiger charge is 2.17. The van der Waals surface area contributed by atoms with E-state index in [-0.39, 0.29) is 12.5 Å². The Bertz CT molecular complexity index is 977. The van der Waals surface area contributed by atoms with E-state index in [1.165, 1.54) is 13.5 Å². The van der Waals surface area contributed by atoms with E-state index in [9.17, 15) is 14.4 Å². The molecule has 10 nitrogen and oxygen atoms in total. The van der Waals surface area contributed by atoms with Crippen molar-refractivity contribution >= 4 is 30.1 Å². The van der Waals surface area contributed by atoms with Gasteiger partial charge < -0.3 is 24.7 Å². The smallest absolute Gasteiger partial charge is 0.407 e. The number of ether oxygens (including phenoxy) is 1. The van der Waals surface area contributed by atoms with E-state index in [1.54, 1.807) is 15.5 Å². The molecule has 0 bridgehead atoms. The third-order valence-electron chi connectivity index (χ3n) is 4.45. The van der Waals surface area contributed by atoms with E-state index < -0.39 is 6.09 Å². The lowest BCUT2D eigenvalue weighted by atomic mass is 10.2. The summed E-state index contributed by atoms with van der Waals surface area (Å²) in [5, 5.41) is 4.83. The number of aromatic nitrogens is 2. The molecule has 0 saturated carbocycles. The second-order valence-corrected chi connectivity index (χ2v) is 7.18. The Hall–Kier alpha value is -3.82. The maximum atomic E-state index is 11.3. The van der Waals surface area contributed by atoms with Crippen LogP contribution in [0.15, 0.2) is 47.1 Å². The Morgan fingerprint density at radius 1 is 1.15 bits per heavy atom. The molecule has 3 amide bonds. The van der Waals surface area contributed by atoms with Crippen LogP contribution in [-0.4, -0.2) is 59.4 Å². The number of hydrogen-bond acceptors (Lipinski definition) is 6. The molecule has 1 fully saturated rings. The van der Waals surface area contributed by atoms with Crippen molar-refractivity contribution in [1.29, 1.82) is 0 Å². The highest BCUT2D eigenvalue weighted by Crippen LogP contribution is 2.23. The van der Waals surface area contributed by atoms with E-state index in [0.717, 1.165) is 37.3 Å². The quantitative estimate of drug-likeness (QED) is 0.566. The first-order valence-electron chi connectivity index (χ1n) is 10.9. The van der Waals surface area contributed by atoms with Crippen LogP contribution in [0.4, 0.5) is 10.6 Å². The molecule has 0 spiro atoms. The fraction of sp³-hybridized carbons (Fsp3) is 0.391. The van der Waals surface area contributed by atoms with E-state index in [2.05, 4.69) is 34.2 Å². The van der Waals surface area contributed by atoms with Crippen LogP contribution >= 0.6 is 0 Å². The van der Waals surface area contributed by atoms with Crippen molar-refractivity contribution in [1.82, 2.24) is 19.6 Å². The average Bonchev–Trinajstić information content (AvgIpc) is 3.56. The summed E-state index contributed by atoms with van der Waals surface area (Å²) < 4.78 is 11.6. The van der Waals surface area contributed by atoms with Crippen LogP contribution in [0, 0.1) is 0 Å². The fourth-order valence-electron chi connectivity index (χ4n) is 2.96. The first kappa shape index (κ1) is 25.4. The first-order valence-corrected chi connectivity index (χ1v) is 10.9. The van der Waals surface area contributed by atoms with Crippen LogP contribution in [-0.2, 0) is 14.3 Å². The molecule has 0 aliphatic carbocycles. The number of carbonyl (C=O) groups excluding carboxylic acids is 3. The van der Waals surface area contributed by atoms with E-state index in [0.29, 0.717) is 18.1 Å². The second kappa shape index (κ2) is 13.6. The number of fused-ring (bicyclic) bond motifs is 1. The number of oxazole rings is 1. The van der Waals surface area contributed by atoms with E-state index in [1.807, 2.05) is 36.5 Å². The van der Waals surface area contributed by atoms with Gasteiger partial charge in [-0.25, -0.2) is 4.79 Å². The summed E-state index contributed by atoms with van der Waals surface area (Å²) in [6.07, 6.45) is 6.91. The summed E-state index contributed by atoms with van der Waals surface area (Å²) in [6.45, 7) is 5.90. The largest absolute Gasteiger partial charge is 0.453 e.